The lowest BCUT2D eigenvalue weighted by Gasteiger charge is -2.39. The molecule has 0 unspecified atom stereocenters. The minimum Gasteiger partial charge on any atom is -0.494 e. The van der Waals surface area contributed by atoms with Crippen LogP contribution in [0.25, 0.3) is 0 Å². The van der Waals surface area contributed by atoms with E-state index in [4.69, 9.17) is 26.3 Å². The number of nitrogens with zero attached hydrogens (tertiary/aromatic N) is 4. The number of rotatable bonds is 6. The number of benzene rings is 1. The van der Waals surface area contributed by atoms with Crippen molar-refractivity contribution in [3.05, 3.63) is 29.8 Å². The molecule has 1 heterocycles. The van der Waals surface area contributed by atoms with Gasteiger partial charge in [-0.15, -0.1) is 0 Å². The van der Waals surface area contributed by atoms with Gasteiger partial charge in [0.25, 0.3) is 0 Å². The van der Waals surface area contributed by atoms with Crippen LogP contribution in [0.2, 0.25) is 0 Å². The van der Waals surface area contributed by atoms with Crippen LogP contribution in [0.5, 0.6) is 5.75 Å². The van der Waals surface area contributed by atoms with E-state index < -0.39 is 5.66 Å². The molecule has 0 bridgehead atoms. The average Bonchev–Trinajstić information content (AvgIpc) is 3.05. The molecule has 1 fully saturated rings. The standard InChI is InChI=1S/C17H22N6O2/c18-12-13-4-6-14(7-5-13)24-10-3-11-25-23-16(20)21-15(19)22-17(23)8-1-2-9-17/h4-7H,1-3,8-11H2,(H4,19,20,21,22). The molecule has 132 valence electrons. The van der Waals surface area contributed by atoms with Crippen molar-refractivity contribution in [1.82, 2.24) is 5.06 Å². The number of ether oxygens (including phenoxy) is 1. The summed E-state index contributed by atoms with van der Waals surface area (Å²) in [5.41, 5.74) is 11.9. The minimum atomic E-state index is -0.510. The highest BCUT2D eigenvalue weighted by Gasteiger charge is 2.44. The maximum absolute atomic E-state index is 8.77. The summed E-state index contributed by atoms with van der Waals surface area (Å²) in [4.78, 5) is 14.3. The normalized spacial score (nSPS) is 18.6. The fourth-order valence-electron chi connectivity index (χ4n) is 3.13. The van der Waals surface area contributed by atoms with Crippen LogP contribution < -0.4 is 16.2 Å². The van der Waals surface area contributed by atoms with Crippen LogP contribution in [0, 0.1) is 11.3 Å². The van der Waals surface area contributed by atoms with E-state index in [0.29, 0.717) is 25.2 Å². The first-order valence-corrected chi connectivity index (χ1v) is 8.39. The molecule has 0 saturated heterocycles. The number of guanidine groups is 2. The maximum Gasteiger partial charge on any atom is 0.226 e. The van der Waals surface area contributed by atoms with Crippen molar-refractivity contribution in [3.8, 4) is 11.8 Å². The number of hydrogen-bond donors (Lipinski definition) is 2. The van der Waals surface area contributed by atoms with Crippen molar-refractivity contribution >= 4 is 11.9 Å². The zero-order valence-electron chi connectivity index (χ0n) is 14.0. The van der Waals surface area contributed by atoms with Crippen LogP contribution in [-0.2, 0) is 4.84 Å². The Hall–Kier alpha value is -2.79. The number of hydroxylamine groups is 2. The largest absolute Gasteiger partial charge is 0.494 e. The predicted octanol–water partition coefficient (Wildman–Crippen LogP) is 1.47. The Kier molecular flexibility index (Phi) is 5.05. The van der Waals surface area contributed by atoms with Crippen LogP contribution in [0.1, 0.15) is 37.7 Å². The maximum atomic E-state index is 8.77. The van der Waals surface area contributed by atoms with Crippen molar-refractivity contribution < 1.29 is 9.57 Å². The van der Waals surface area contributed by atoms with Gasteiger partial charge in [-0.25, -0.2) is 4.99 Å². The van der Waals surface area contributed by atoms with Gasteiger partial charge in [-0.1, -0.05) is 0 Å². The van der Waals surface area contributed by atoms with Gasteiger partial charge in [0.2, 0.25) is 11.9 Å². The molecule has 1 aromatic rings. The first-order chi connectivity index (χ1) is 12.1. The van der Waals surface area contributed by atoms with E-state index >= 15 is 0 Å². The monoisotopic (exact) mass is 342 g/mol. The molecular weight excluding hydrogens is 320 g/mol. The van der Waals surface area contributed by atoms with Gasteiger partial charge in [0.15, 0.2) is 5.66 Å². The molecule has 25 heavy (non-hydrogen) atoms. The Morgan fingerprint density at radius 1 is 1.16 bits per heavy atom. The molecule has 1 spiro atoms. The lowest BCUT2D eigenvalue weighted by molar-refractivity contribution is -0.167. The van der Waals surface area contributed by atoms with E-state index in [-0.39, 0.29) is 11.9 Å². The number of hydrogen-bond acceptors (Lipinski definition) is 8. The third kappa shape index (κ3) is 3.83. The first kappa shape index (κ1) is 17.0. The molecule has 0 aromatic heterocycles. The van der Waals surface area contributed by atoms with Crippen LogP contribution in [0.15, 0.2) is 34.3 Å². The van der Waals surface area contributed by atoms with Gasteiger partial charge < -0.3 is 16.2 Å². The van der Waals surface area contributed by atoms with E-state index in [1.54, 1.807) is 29.3 Å². The summed E-state index contributed by atoms with van der Waals surface area (Å²) in [7, 11) is 0. The molecule has 3 rings (SSSR count). The molecular formula is C17H22N6O2. The summed E-state index contributed by atoms with van der Waals surface area (Å²) in [6.45, 7) is 0.929. The summed E-state index contributed by atoms with van der Waals surface area (Å²) >= 11 is 0. The lowest BCUT2D eigenvalue weighted by Crippen LogP contribution is -2.55. The van der Waals surface area contributed by atoms with Gasteiger partial charge in [-0.2, -0.15) is 15.3 Å². The molecule has 1 saturated carbocycles. The second-order valence-corrected chi connectivity index (χ2v) is 6.10. The van der Waals surface area contributed by atoms with E-state index in [1.165, 1.54) is 0 Å². The summed E-state index contributed by atoms with van der Waals surface area (Å²) in [5, 5.41) is 10.4. The third-order valence-electron chi connectivity index (χ3n) is 4.30. The lowest BCUT2D eigenvalue weighted by atomic mass is 10.1. The highest BCUT2D eigenvalue weighted by atomic mass is 16.7. The smallest absolute Gasteiger partial charge is 0.226 e. The molecule has 0 atom stereocenters. The molecule has 8 nitrogen and oxygen atoms in total. The molecule has 4 N–H and O–H groups in total. The van der Waals surface area contributed by atoms with Gasteiger partial charge in [-0.3, -0.25) is 4.84 Å². The van der Waals surface area contributed by atoms with Gasteiger partial charge in [0, 0.05) is 6.42 Å². The summed E-state index contributed by atoms with van der Waals surface area (Å²) in [6.07, 6.45) is 4.51. The molecule has 1 aliphatic carbocycles. The Balaban J connectivity index is 1.48. The van der Waals surface area contributed by atoms with E-state index in [1.807, 2.05) is 0 Å². The Morgan fingerprint density at radius 2 is 1.88 bits per heavy atom. The van der Waals surface area contributed by atoms with Crippen LogP contribution in [0.4, 0.5) is 0 Å². The fourth-order valence-corrected chi connectivity index (χ4v) is 3.13. The SMILES string of the molecule is N#Cc1ccc(OCCCON2C(N)=NC(N)=NC23CCCC3)cc1. The highest BCUT2D eigenvalue weighted by Crippen LogP contribution is 2.38. The van der Waals surface area contributed by atoms with Crippen LogP contribution in [0.3, 0.4) is 0 Å². The topological polar surface area (TPSA) is 122 Å². The summed E-state index contributed by atoms with van der Waals surface area (Å²) < 4.78 is 5.64. The second kappa shape index (κ2) is 7.40. The Bertz CT molecular complexity index is 701. The molecule has 2 aliphatic rings. The quantitative estimate of drug-likeness (QED) is 0.755. The zero-order chi connectivity index (χ0) is 17.7. The van der Waals surface area contributed by atoms with E-state index in [2.05, 4.69) is 16.1 Å². The Labute approximate surface area is 146 Å². The molecule has 8 heteroatoms. The molecule has 0 radical (unpaired) electrons. The Morgan fingerprint density at radius 3 is 2.56 bits per heavy atom. The third-order valence-corrected chi connectivity index (χ3v) is 4.30. The van der Waals surface area contributed by atoms with Gasteiger partial charge in [0.05, 0.1) is 24.8 Å². The predicted molar refractivity (Wildman–Crippen MR) is 93.5 cm³/mol. The fraction of sp³-hybridized carbons (Fsp3) is 0.471. The number of aliphatic imine (C=N–C) groups is 2. The van der Waals surface area contributed by atoms with Crippen LogP contribution >= 0.6 is 0 Å². The van der Waals surface area contributed by atoms with Gasteiger partial charge in [-0.05, 0) is 49.9 Å². The summed E-state index contributed by atoms with van der Waals surface area (Å²) in [6, 6.07) is 9.08. The van der Waals surface area contributed by atoms with Crippen molar-refractivity contribution in [1.29, 1.82) is 5.26 Å². The van der Waals surface area contributed by atoms with E-state index in [0.717, 1.165) is 31.4 Å². The highest BCUT2D eigenvalue weighted by molar-refractivity contribution is 5.95. The molecule has 1 aliphatic heterocycles. The van der Waals surface area contributed by atoms with Crippen molar-refractivity contribution in [2.24, 2.45) is 21.5 Å². The minimum absolute atomic E-state index is 0.211. The number of nitriles is 1. The zero-order valence-corrected chi connectivity index (χ0v) is 14.0. The average molecular weight is 342 g/mol. The first-order valence-electron chi connectivity index (χ1n) is 8.39. The van der Waals surface area contributed by atoms with Crippen LogP contribution in [-0.4, -0.2) is 35.9 Å². The van der Waals surface area contributed by atoms with Crippen molar-refractivity contribution in [2.45, 2.75) is 37.8 Å². The van der Waals surface area contributed by atoms with E-state index in [9.17, 15) is 0 Å². The molecule has 1 aromatic carbocycles. The van der Waals surface area contributed by atoms with Gasteiger partial charge >= 0.3 is 0 Å². The summed E-state index contributed by atoms with van der Waals surface area (Å²) in [5.74, 6) is 1.19. The van der Waals surface area contributed by atoms with Crippen molar-refractivity contribution in [2.75, 3.05) is 13.2 Å². The van der Waals surface area contributed by atoms with Gasteiger partial charge in [0.1, 0.15) is 5.75 Å². The molecule has 0 amide bonds. The van der Waals surface area contributed by atoms with Crippen molar-refractivity contribution in [3.63, 3.8) is 0 Å². The second-order valence-electron chi connectivity index (χ2n) is 6.10. The number of nitrogens with two attached hydrogens (primary N) is 2.